The summed E-state index contributed by atoms with van der Waals surface area (Å²) in [6.07, 6.45) is 0. The minimum atomic E-state index is 0.378. The standard InChI is InChI=1S/C17H19Cl/c1-11-5-6-12(2)16(9-11)14(4)17-10-15(18)8-7-13(17)3/h5-10,14H,1-4H3. The van der Waals surface area contributed by atoms with E-state index < -0.39 is 0 Å². The van der Waals surface area contributed by atoms with E-state index in [1.54, 1.807) is 0 Å². The zero-order valence-corrected chi connectivity index (χ0v) is 12.2. The zero-order chi connectivity index (χ0) is 13.3. The molecule has 0 aliphatic carbocycles. The Morgan fingerprint density at radius 1 is 0.833 bits per heavy atom. The minimum Gasteiger partial charge on any atom is -0.0843 e. The van der Waals surface area contributed by atoms with Gasteiger partial charge in [0.2, 0.25) is 0 Å². The highest BCUT2D eigenvalue weighted by atomic mass is 35.5. The number of hydrogen-bond acceptors (Lipinski definition) is 0. The van der Waals surface area contributed by atoms with Crippen LogP contribution < -0.4 is 0 Å². The van der Waals surface area contributed by atoms with Crippen LogP contribution in [0.25, 0.3) is 0 Å². The van der Waals surface area contributed by atoms with Gasteiger partial charge >= 0.3 is 0 Å². The lowest BCUT2D eigenvalue weighted by Gasteiger charge is -2.18. The third-order valence-electron chi connectivity index (χ3n) is 3.61. The van der Waals surface area contributed by atoms with Crippen LogP contribution in [0.5, 0.6) is 0 Å². The van der Waals surface area contributed by atoms with Gasteiger partial charge in [0, 0.05) is 10.9 Å². The summed E-state index contributed by atoms with van der Waals surface area (Å²) >= 11 is 6.12. The third-order valence-corrected chi connectivity index (χ3v) is 3.84. The molecule has 0 saturated heterocycles. The molecule has 0 spiro atoms. The van der Waals surface area contributed by atoms with Crippen LogP contribution >= 0.6 is 11.6 Å². The smallest absolute Gasteiger partial charge is 0.0409 e. The molecule has 0 nitrogen and oxygen atoms in total. The fraction of sp³-hybridized carbons (Fsp3) is 0.294. The van der Waals surface area contributed by atoms with Crippen molar-refractivity contribution in [3.8, 4) is 0 Å². The number of aryl methyl sites for hydroxylation is 3. The lowest BCUT2D eigenvalue weighted by Crippen LogP contribution is -2.01. The van der Waals surface area contributed by atoms with Gasteiger partial charge in [-0.15, -0.1) is 0 Å². The Balaban J connectivity index is 2.50. The van der Waals surface area contributed by atoms with Gasteiger partial charge in [0.05, 0.1) is 0 Å². The Morgan fingerprint density at radius 2 is 1.39 bits per heavy atom. The van der Waals surface area contributed by atoms with Crippen molar-refractivity contribution in [1.82, 2.24) is 0 Å². The first-order chi connectivity index (χ1) is 8.49. The highest BCUT2D eigenvalue weighted by molar-refractivity contribution is 6.30. The first-order valence-corrected chi connectivity index (χ1v) is 6.70. The van der Waals surface area contributed by atoms with E-state index in [9.17, 15) is 0 Å². The lowest BCUT2D eigenvalue weighted by atomic mass is 9.87. The van der Waals surface area contributed by atoms with Crippen LogP contribution in [-0.4, -0.2) is 0 Å². The molecule has 0 aliphatic heterocycles. The Kier molecular flexibility index (Phi) is 3.77. The molecule has 18 heavy (non-hydrogen) atoms. The van der Waals surface area contributed by atoms with E-state index in [1.807, 2.05) is 6.07 Å². The van der Waals surface area contributed by atoms with Gasteiger partial charge < -0.3 is 0 Å². The van der Waals surface area contributed by atoms with Crippen LogP contribution in [0, 0.1) is 20.8 Å². The molecule has 2 rings (SSSR count). The Morgan fingerprint density at radius 3 is 2.06 bits per heavy atom. The number of halogens is 1. The molecule has 94 valence electrons. The third kappa shape index (κ3) is 2.59. The van der Waals surface area contributed by atoms with Crippen molar-refractivity contribution in [1.29, 1.82) is 0 Å². The average molecular weight is 259 g/mol. The van der Waals surface area contributed by atoms with Crippen LogP contribution in [0.3, 0.4) is 0 Å². The summed E-state index contributed by atoms with van der Waals surface area (Å²) in [5.74, 6) is 0.378. The van der Waals surface area contributed by atoms with Gasteiger partial charge in [-0.25, -0.2) is 0 Å². The van der Waals surface area contributed by atoms with Crippen LogP contribution in [0.1, 0.15) is 40.7 Å². The van der Waals surface area contributed by atoms with E-state index in [0.717, 1.165) is 5.02 Å². The second-order valence-corrected chi connectivity index (χ2v) is 5.52. The SMILES string of the molecule is Cc1ccc(C)c(C(C)c2cc(Cl)ccc2C)c1. The van der Waals surface area contributed by atoms with E-state index in [0.29, 0.717) is 5.92 Å². The summed E-state index contributed by atoms with van der Waals surface area (Å²) in [5, 5.41) is 0.813. The summed E-state index contributed by atoms with van der Waals surface area (Å²) in [4.78, 5) is 0. The van der Waals surface area contributed by atoms with Gasteiger partial charge in [-0.1, -0.05) is 48.4 Å². The van der Waals surface area contributed by atoms with Gasteiger partial charge in [-0.05, 0) is 55.2 Å². The molecule has 0 aliphatic rings. The summed E-state index contributed by atoms with van der Waals surface area (Å²) < 4.78 is 0. The molecule has 0 aromatic heterocycles. The molecule has 0 bridgehead atoms. The van der Waals surface area contributed by atoms with Crippen molar-refractivity contribution in [2.24, 2.45) is 0 Å². The quantitative estimate of drug-likeness (QED) is 0.675. The highest BCUT2D eigenvalue weighted by Crippen LogP contribution is 2.31. The molecule has 1 unspecified atom stereocenters. The summed E-state index contributed by atoms with van der Waals surface area (Å²) in [6.45, 7) is 8.71. The van der Waals surface area contributed by atoms with Gasteiger partial charge in [0.1, 0.15) is 0 Å². The molecule has 0 saturated carbocycles. The highest BCUT2D eigenvalue weighted by Gasteiger charge is 2.13. The predicted octanol–water partition coefficient (Wildman–Crippen LogP) is 5.42. The van der Waals surface area contributed by atoms with E-state index >= 15 is 0 Å². The van der Waals surface area contributed by atoms with Crippen LogP contribution in [0.15, 0.2) is 36.4 Å². The summed E-state index contributed by atoms with van der Waals surface area (Å²) in [7, 11) is 0. The molecule has 0 heterocycles. The van der Waals surface area contributed by atoms with Crippen LogP contribution in [-0.2, 0) is 0 Å². The van der Waals surface area contributed by atoms with Gasteiger partial charge in [0.15, 0.2) is 0 Å². The van der Waals surface area contributed by atoms with Gasteiger partial charge in [0.25, 0.3) is 0 Å². The van der Waals surface area contributed by atoms with Crippen molar-refractivity contribution in [2.75, 3.05) is 0 Å². The minimum absolute atomic E-state index is 0.378. The Labute approximate surface area is 115 Å². The summed E-state index contributed by atoms with van der Waals surface area (Å²) in [5.41, 5.74) is 6.65. The number of hydrogen-bond donors (Lipinski definition) is 0. The average Bonchev–Trinajstić information content (AvgIpc) is 2.34. The molecule has 0 radical (unpaired) electrons. The fourth-order valence-corrected chi connectivity index (χ4v) is 2.65. The van der Waals surface area contributed by atoms with E-state index in [2.05, 4.69) is 58.0 Å². The maximum atomic E-state index is 6.12. The molecule has 2 aromatic rings. The predicted molar refractivity (Wildman–Crippen MR) is 79.6 cm³/mol. The van der Waals surface area contributed by atoms with E-state index in [1.165, 1.54) is 27.8 Å². The number of benzene rings is 2. The molecular formula is C17H19Cl. The van der Waals surface area contributed by atoms with Crippen molar-refractivity contribution < 1.29 is 0 Å². The Hall–Kier alpha value is -1.27. The molecular weight excluding hydrogens is 240 g/mol. The van der Waals surface area contributed by atoms with Gasteiger partial charge in [-0.3, -0.25) is 0 Å². The second kappa shape index (κ2) is 5.16. The normalized spacial score (nSPS) is 12.5. The molecule has 1 atom stereocenters. The van der Waals surface area contributed by atoms with E-state index in [-0.39, 0.29) is 0 Å². The first kappa shape index (κ1) is 13.2. The molecule has 0 amide bonds. The van der Waals surface area contributed by atoms with Crippen LogP contribution in [0.4, 0.5) is 0 Å². The molecule has 2 aromatic carbocycles. The van der Waals surface area contributed by atoms with Crippen LogP contribution in [0.2, 0.25) is 5.02 Å². The fourth-order valence-electron chi connectivity index (χ4n) is 2.47. The Bertz CT molecular complexity index is 518. The zero-order valence-electron chi connectivity index (χ0n) is 11.4. The monoisotopic (exact) mass is 258 g/mol. The number of rotatable bonds is 2. The topological polar surface area (TPSA) is 0 Å². The van der Waals surface area contributed by atoms with E-state index in [4.69, 9.17) is 11.6 Å². The lowest BCUT2D eigenvalue weighted by molar-refractivity contribution is 0.896. The molecule has 0 N–H and O–H groups in total. The van der Waals surface area contributed by atoms with Crippen molar-refractivity contribution in [3.05, 3.63) is 69.2 Å². The largest absolute Gasteiger partial charge is 0.0843 e. The second-order valence-electron chi connectivity index (χ2n) is 5.08. The first-order valence-electron chi connectivity index (χ1n) is 6.32. The summed E-state index contributed by atoms with van der Waals surface area (Å²) in [6, 6.07) is 12.8. The molecule has 1 heteroatoms. The maximum Gasteiger partial charge on any atom is 0.0409 e. The van der Waals surface area contributed by atoms with Crippen molar-refractivity contribution >= 4 is 11.6 Å². The molecule has 0 fully saturated rings. The van der Waals surface area contributed by atoms with Gasteiger partial charge in [-0.2, -0.15) is 0 Å². The maximum absolute atomic E-state index is 6.12. The van der Waals surface area contributed by atoms with Crippen molar-refractivity contribution in [2.45, 2.75) is 33.6 Å². The van der Waals surface area contributed by atoms with Crippen molar-refractivity contribution in [3.63, 3.8) is 0 Å².